The second-order valence-corrected chi connectivity index (χ2v) is 4.34. The van der Waals surface area contributed by atoms with E-state index >= 15 is 0 Å². The summed E-state index contributed by atoms with van der Waals surface area (Å²) in [7, 11) is 1.98. The third-order valence-corrected chi connectivity index (χ3v) is 2.96. The Morgan fingerprint density at radius 2 is 1.74 bits per heavy atom. The van der Waals surface area contributed by atoms with Crippen molar-refractivity contribution in [2.24, 2.45) is 10.9 Å². The normalized spacial score (nSPS) is 11.3. The summed E-state index contributed by atoms with van der Waals surface area (Å²) < 4.78 is 0. The van der Waals surface area contributed by atoms with Gasteiger partial charge in [0.25, 0.3) is 0 Å². The van der Waals surface area contributed by atoms with Crippen molar-refractivity contribution in [2.45, 2.75) is 6.54 Å². The third kappa shape index (κ3) is 3.04. The molecule has 0 radical (unpaired) electrons. The fourth-order valence-electron chi connectivity index (χ4n) is 2.02. The van der Waals surface area contributed by atoms with Crippen molar-refractivity contribution in [3.63, 3.8) is 0 Å². The molecule has 0 atom stereocenters. The molecule has 0 unspecified atom stereocenters. The van der Waals surface area contributed by atoms with Crippen molar-refractivity contribution < 1.29 is 5.21 Å². The maximum Gasteiger partial charge on any atom is 0.172 e. The number of anilines is 1. The number of benzene rings is 2. The minimum atomic E-state index is 0.121. The number of amidine groups is 1. The van der Waals surface area contributed by atoms with Gasteiger partial charge in [0, 0.05) is 24.8 Å². The van der Waals surface area contributed by atoms with Crippen molar-refractivity contribution in [3.05, 3.63) is 65.7 Å². The lowest BCUT2D eigenvalue weighted by atomic mass is 10.1. The molecule has 2 aromatic rings. The van der Waals surface area contributed by atoms with Gasteiger partial charge >= 0.3 is 0 Å². The van der Waals surface area contributed by atoms with Crippen LogP contribution in [0.15, 0.2) is 59.8 Å². The molecule has 0 heterocycles. The first kappa shape index (κ1) is 13.0. The zero-order chi connectivity index (χ0) is 13.7. The van der Waals surface area contributed by atoms with Gasteiger partial charge in [0.1, 0.15) is 0 Å². The van der Waals surface area contributed by atoms with Gasteiger partial charge in [-0.05, 0) is 17.7 Å². The van der Waals surface area contributed by atoms with Crippen molar-refractivity contribution in [1.82, 2.24) is 0 Å². The van der Waals surface area contributed by atoms with Crippen LogP contribution in [-0.4, -0.2) is 18.1 Å². The van der Waals surface area contributed by atoms with Crippen LogP contribution in [0.25, 0.3) is 0 Å². The molecule has 0 aliphatic rings. The van der Waals surface area contributed by atoms with Gasteiger partial charge in [0.15, 0.2) is 5.84 Å². The lowest BCUT2D eigenvalue weighted by Crippen LogP contribution is -2.22. The van der Waals surface area contributed by atoms with E-state index in [4.69, 9.17) is 10.9 Å². The molecular formula is C15H17N3O. The Hall–Kier alpha value is -2.49. The SMILES string of the molecule is CN(Cc1ccccc1)c1ccccc1/C(N)=N\O. The van der Waals surface area contributed by atoms with E-state index in [1.54, 1.807) is 0 Å². The Balaban J connectivity index is 2.27. The van der Waals surface area contributed by atoms with Crippen molar-refractivity contribution in [3.8, 4) is 0 Å². The van der Waals surface area contributed by atoms with Crippen LogP contribution in [0.4, 0.5) is 5.69 Å². The highest BCUT2D eigenvalue weighted by Crippen LogP contribution is 2.20. The quantitative estimate of drug-likeness (QED) is 0.382. The van der Waals surface area contributed by atoms with Crippen molar-refractivity contribution >= 4 is 11.5 Å². The fraction of sp³-hybridized carbons (Fsp3) is 0.133. The molecule has 2 rings (SSSR count). The number of para-hydroxylation sites is 1. The van der Waals surface area contributed by atoms with Crippen molar-refractivity contribution in [2.75, 3.05) is 11.9 Å². The van der Waals surface area contributed by atoms with Gasteiger partial charge in [-0.25, -0.2) is 0 Å². The third-order valence-electron chi connectivity index (χ3n) is 2.96. The number of hydrogen-bond acceptors (Lipinski definition) is 3. The summed E-state index contributed by atoms with van der Waals surface area (Å²) in [6, 6.07) is 17.8. The number of nitrogens with zero attached hydrogens (tertiary/aromatic N) is 2. The molecule has 19 heavy (non-hydrogen) atoms. The Morgan fingerprint density at radius 1 is 1.11 bits per heavy atom. The Kier molecular flexibility index (Phi) is 4.03. The number of rotatable bonds is 4. The number of nitrogens with two attached hydrogens (primary N) is 1. The first-order chi connectivity index (χ1) is 9.22. The monoisotopic (exact) mass is 255 g/mol. The standard InChI is InChI=1S/C15H17N3O/c1-18(11-12-7-3-2-4-8-12)14-10-6-5-9-13(14)15(16)17-19/h2-10,19H,11H2,1H3,(H2,16,17). The molecule has 0 spiro atoms. The predicted octanol–water partition coefficient (Wildman–Crippen LogP) is 2.42. The molecule has 4 nitrogen and oxygen atoms in total. The number of oxime groups is 1. The molecule has 2 aromatic carbocycles. The minimum absolute atomic E-state index is 0.121. The molecular weight excluding hydrogens is 238 g/mol. The van der Waals surface area contributed by atoms with Crippen LogP contribution in [0.2, 0.25) is 0 Å². The molecule has 0 bridgehead atoms. The van der Waals surface area contributed by atoms with Gasteiger partial charge in [-0.2, -0.15) is 0 Å². The molecule has 3 N–H and O–H groups in total. The molecule has 0 saturated carbocycles. The van der Waals surface area contributed by atoms with E-state index in [9.17, 15) is 0 Å². The average molecular weight is 255 g/mol. The summed E-state index contributed by atoms with van der Waals surface area (Å²) in [5, 5.41) is 11.9. The first-order valence-electron chi connectivity index (χ1n) is 6.04. The predicted molar refractivity (Wildman–Crippen MR) is 77.5 cm³/mol. The van der Waals surface area contributed by atoms with E-state index in [0.717, 1.165) is 17.8 Å². The zero-order valence-electron chi connectivity index (χ0n) is 10.8. The van der Waals surface area contributed by atoms with Crippen LogP contribution in [-0.2, 0) is 6.54 Å². The van der Waals surface area contributed by atoms with Gasteiger partial charge in [-0.1, -0.05) is 47.6 Å². The van der Waals surface area contributed by atoms with E-state index in [0.29, 0.717) is 0 Å². The summed E-state index contributed by atoms with van der Waals surface area (Å²) in [6.45, 7) is 0.760. The van der Waals surface area contributed by atoms with Gasteiger partial charge < -0.3 is 15.8 Å². The minimum Gasteiger partial charge on any atom is -0.409 e. The summed E-state index contributed by atoms with van der Waals surface area (Å²) >= 11 is 0. The summed E-state index contributed by atoms with van der Waals surface area (Å²) in [4.78, 5) is 2.07. The van der Waals surface area contributed by atoms with Crippen LogP contribution in [0.5, 0.6) is 0 Å². The van der Waals surface area contributed by atoms with E-state index in [2.05, 4.69) is 22.2 Å². The highest BCUT2D eigenvalue weighted by molar-refractivity contribution is 6.02. The molecule has 0 saturated heterocycles. The van der Waals surface area contributed by atoms with Crippen LogP contribution in [0.3, 0.4) is 0 Å². The zero-order valence-corrected chi connectivity index (χ0v) is 10.8. The molecule has 98 valence electrons. The maximum atomic E-state index is 8.83. The van der Waals surface area contributed by atoms with E-state index < -0.39 is 0 Å². The van der Waals surface area contributed by atoms with E-state index in [1.807, 2.05) is 49.5 Å². The van der Waals surface area contributed by atoms with Gasteiger partial charge in [0.05, 0.1) is 0 Å². The number of hydrogen-bond donors (Lipinski definition) is 2. The van der Waals surface area contributed by atoms with Crippen LogP contribution in [0, 0.1) is 0 Å². The fourth-order valence-corrected chi connectivity index (χ4v) is 2.02. The van der Waals surface area contributed by atoms with Crippen LogP contribution < -0.4 is 10.6 Å². The van der Waals surface area contributed by atoms with Crippen LogP contribution in [0.1, 0.15) is 11.1 Å². The molecule has 0 fully saturated rings. The second kappa shape index (κ2) is 5.91. The molecule has 0 amide bonds. The molecule has 0 aromatic heterocycles. The molecule has 0 aliphatic carbocycles. The molecule has 4 heteroatoms. The van der Waals surface area contributed by atoms with Crippen molar-refractivity contribution in [1.29, 1.82) is 0 Å². The lowest BCUT2D eigenvalue weighted by Gasteiger charge is -2.22. The molecule has 0 aliphatic heterocycles. The Bertz CT molecular complexity index is 567. The smallest absolute Gasteiger partial charge is 0.172 e. The highest BCUT2D eigenvalue weighted by Gasteiger charge is 2.10. The van der Waals surface area contributed by atoms with Gasteiger partial charge in [-0.3, -0.25) is 0 Å². The summed E-state index contributed by atoms with van der Waals surface area (Å²) in [5.41, 5.74) is 8.56. The summed E-state index contributed by atoms with van der Waals surface area (Å²) in [5.74, 6) is 0.121. The first-order valence-corrected chi connectivity index (χ1v) is 6.04. The summed E-state index contributed by atoms with van der Waals surface area (Å²) in [6.07, 6.45) is 0. The maximum absolute atomic E-state index is 8.83. The van der Waals surface area contributed by atoms with Gasteiger partial charge in [0.2, 0.25) is 0 Å². The highest BCUT2D eigenvalue weighted by atomic mass is 16.4. The van der Waals surface area contributed by atoms with E-state index in [1.165, 1.54) is 5.56 Å². The van der Waals surface area contributed by atoms with E-state index in [-0.39, 0.29) is 5.84 Å². The Morgan fingerprint density at radius 3 is 2.42 bits per heavy atom. The Labute approximate surface area is 112 Å². The lowest BCUT2D eigenvalue weighted by molar-refractivity contribution is 0.318. The largest absolute Gasteiger partial charge is 0.409 e. The second-order valence-electron chi connectivity index (χ2n) is 4.34. The average Bonchev–Trinajstić information content (AvgIpc) is 2.47. The van der Waals surface area contributed by atoms with Crippen LogP contribution >= 0.6 is 0 Å². The van der Waals surface area contributed by atoms with Gasteiger partial charge in [-0.15, -0.1) is 0 Å². The topological polar surface area (TPSA) is 61.8 Å².